The highest BCUT2D eigenvalue weighted by atomic mass is 19.1. The van der Waals surface area contributed by atoms with Crippen molar-refractivity contribution in [2.75, 3.05) is 13.7 Å². The van der Waals surface area contributed by atoms with E-state index in [-0.39, 0.29) is 11.6 Å². The van der Waals surface area contributed by atoms with E-state index in [1.54, 1.807) is 18.5 Å². The topological polar surface area (TPSA) is 39.1 Å². The Morgan fingerprint density at radius 1 is 1.40 bits per heavy atom. The third-order valence-electron chi connectivity index (χ3n) is 3.75. The summed E-state index contributed by atoms with van der Waals surface area (Å²) in [7, 11) is 1.47. The van der Waals surface area contributed by atoms with Crippen LogP contribution in [-0.2, 0) is 0 Å². The average molecular weight is 275 g/mol. The zero-order valence-corrected chi connectivity index (χ0v) is 11.5. The molecular formula is C15H18FN3O. The van der Waals surface area contributed by atoms with Gasteiger partial charge in [-0.25, -0.2) is 9.37 Å². The molecule has 2 aromatic rings. The van der Waals surface area contributed by atoms with Crippen molar-refractivity contribution >= 4 is 0 Å². The van der Waals surface area contributed by atoms with Crippen molar-refractivity contribution in [1.82, 2.24) is 14.9 Å². The molecule has 0 spiro atoms. The Kier molecular flexibility index (Phi) is 3.69. The summed E-state index contributed by atoms with van der Waals surface area (Å²) in [6.07, 6.45) is 7.17. The summed E-state index contributed by atoms with van der Waals surface area (Å²) in [5.41, 5.74) is 1.97. The van der Waals surface area contributed by atoms with Gasteiger partial charge in [0.05, 0.1) is 31.0 Å². The van der Waals surface area contributed by atoms with Gasteiger partial charge in [0.2, 0.25) is 0 Å². The van der Waals surface area contributed by atoms with Crippen molar-refractivity contribution in [3.8, 4) is 11.4 Å². The van der Waals surface area contributed by atoms with Gasteiger partial charge in [-0.3, -0.25) is 0 Å². The Balaban J connectivity index is 1.96. The third-order valence-corrected chi connectivity index (χ3v) is 3.75. The first-order valence-electron chi connectivity index (χ1n) is 6.89. The number of piperidine rings is 1. The minimum absolute atomic E-state index is 0.249. The fourth-order valence-electron chi connectivity index (χ4n) is 2.68. The molecule has 0 aliphatic carbocycles. The number of hydrogen-bond acceptors (Lipinski definition) is 3. The first-order chi connectivity index (χ1) is 9.79. The van der Waals surface area contributed by atoms with Gasteiger partial charge >= 0.3 is 0 Å². The lowest BCUT2D eigenvalue weighted by molar-refractivity contribution is 0.385. The second kappa shape index (κ2) is 5.63. The Morgan fingerprint density at radius 3 is 3.05 bits per heavy atom. The largest absolute Gasteiger partial charge is 0.494 e. The molecule has 0 bridgehead atoms. The van der Waals surface area contributed by atoms with Crippen LogP contribution < -0.4 is 10.1 Å². The lowest BCUT2D eigenvalue weighted by atomic mass is 10.0. The van der Waals surface area contributed by atoms with E-state index in [0.29, 0.717) is 6.04 Å². The highest BCUT2D eigenvalue weighted by molar-refractivity contribution is 5.41. The van der Waals surface area contributed by atoms with E-state index in [1.807, 2.05) is 10.8 Å². The summed E-state index contributed by atoms with van der Waals surface area (Å²) in [5.74, 6) is -0.104. The molecule has 4 nitrogen and oxygen atoms in total. The molecule has 1 aromatic carbocycles. The van der Waals surface area contributed by atoms with E-state index >= 15 is 0 Å². The van der Waals surface area contributed by atoms with Crippen LogP contribution >= 0.6 is 0 Å². The zero-order chi connectivity index (χ0) is 13.9. The Bertz CT molecular complexity index is 591. The minimum atomic E-state index is -0.353. The quantitative estimate of drug-likeness (QED) is 0.936. The van der Waals surface area contributed by atoms with Crippen LogP contribution in [-0.4, -0.2) is 23.2 Å². The monoisotopic (exact) mass is 275 g/mol. The molecule has 1 aromatic heterocycles. The van der Waals surface area contributed by atoms with Crippen LogP contribution in [0.25, 0.3) is 5.69 Å². The summed E-state index contributed by atoms with van der Waals surface area (Å²) in [5, 5.41) is 3.51. The molecule has 1 saturated heterocycles. The molecular weight excluding hydrogens is 257 g/mol. The average Bonchev–Trinajstić information content (AvgIpc) is 2.98. The fourth-order valence-corrected chi connectivity index (χ4v) is 2.68. The maximum atomic E-state index is 13.5. The lowest BCUT2D eigenvalue weighted by Crippen LogP contribution is -2.28. The standard InChI is InChI=1S/C15H18FN3O/c1-20-15-8-11(5-6-12(15)16)19-10-17-9-14(19)13-4-2-3-7-18-13/h5-6,8-10,13,18H,2-4,7H2,1H3. The number of hydrogen-bond donors (Lipinski definition) is 1. The number of nitrogens with one attached hydrogen (secondary N) is 1. The third kappa shape index (κ3) is 2.41. The van der Waals surface area contributed by atoms with E-state index in [9.17, 15) is 4.39 Å². The van der Waals surface area contributed by atoms with Crippen molar-refractivity contribution in [2.24, 2.45) is 0 Å². The predicted molar refractivity (Wildman–Crippen MR) is 74.7 cm³/mol. The Hall–Kier alpha value is -1.88. The van der Waals surface area contributed by atoms with E-state index in [2.05, 4.69) is 10.3 Å². The SMILES string of the molecule is COc1cc(-n2cncc2C2CCCCN2)ccc1F. The molecule has 1 unspecified atom stereocenters. The van der Waals surface area contributed by atoms with E-state index < -0.39 is 0 Å². The zero-order valence-electron chi connectivity index (χ0n) is 11.5. The second-order valence-corrected chi connectivity index (χ2v) is 5.01. The van der Waals surface area contributed by atoms with Crippen LogP contribution in [0.15, 0.2) is 30.7 Å². The van der Waals surface area contributed by atoms with Crippen molar-refractivity contribution in [1.29, 1.82) is 0 Å². The molecule has 20 heavy (non-hydrogen) atoms. The molecule has 3 rings (SSSR count). The van der Waals surface area contributed by atoms with Gasteiger partial charge in [0.1, 0.15) is 0 Å². The molecule has 1 N–H and O–H groups in total. The number of benzene rings is 1. The second-order valence-electron chi connectivity index (χ2n) is 5.01. The molecule has 2 heterocycles. The van der Waals surface area contributed by atoms with Crippen LogP contribution in [0.2, 0.25) is 0 Å². The van der Waals surface area contributed by atoms with Gasteiger partial charge in [0.15, 0.2) is 11.6 Å². The summed E-state index contributed by atoms with van der Waals surface area (Å²) in [4.78, 5) is 4.24. The maximum Gasteiger partial charge on any atom is 0.165 e. The fraction of sp³-hybridized carbons (Fsp3) is 0.400. The van der Waals surface area contributed by atoms with Gasteiger partial charge < -0.3 is 14.6 Å². The van der Waals surface area contributed by atoms with Crippen LogP contribution in [0.3, 0.4) is 0 Å². The number of ether oxygens (including phenoxy) is 1. The molecule has 1 atom stereocenters. The van der Waals surface area contributed by atoms with Crippen molar-refractivity contribution in [3.63, 3.8) is 0 Å². The lowest BCUT2D eigenvalue weighted by Gasteiger charge is -2.24. The molecule has 1 fully saturated rings. The molecule has 1 aliphatic rings. The van der Waals surface area contributed by atoms with E-state index in [0.717, 1.165) is 24.3 Å². The number of methoxy groups -OCH3 is 1. The first kappa shape index (κ1) is 13.1. The molecule has 1 aliphatic heterocycles. The van der Waals surface area contributed by atoms with Gasteiger partial charge in [-0.1, -0.05) is 6.42 Å². The first-order valence-corrected chi connectivity index (χ1v) is 6.89. The molecule has 0 saturated carbocycles. The smallest absolute Gasteiger partial charge is 0.165 e. The number of nitrogens with zero attached hydrogens (tertiary/aromatic N) is 2. The predicted octanol–water partition coefficient (Wildman–Crippen LogP) is 2.83. The summed E-state index contributed by atoms with van der Waals surface area (Å²) < 4.78 is 20.5. The van der Waals surface area contributed by atoms with Gasteiger partial charge in [-0.05, 0) is 31.5 Å². The van der Waals surface area contributed by atoms with E-state index in [1.165, 1.54) is 26.0 Å². The highest BCUT2D eigenvalue weighted by Crippen LogP contribution is 2.27. The van der Waals surface area contributed by atoms with Gasteiger partial charge in [0, 0.05) is 12.1 Å². The van der Waals surface area contributed by atoms with Gasteiger partial charge in [0.25, 0.3) is 0 Å². The van der Waals surface area contributed by atoms with Crippen LogP contribution in [0.1, 0.15) is 31.0 Å². The normalized spacial score (nSPS) is 19.0. The van der Waals surface area contributed by atoms with Crippen LogP contribution in [0, 0.1) is 5.82 Å². The maximum absolute atomic E-state index is 13.5. The number of aromatic nitrogens is 2. The highest BCUT2D eigenvalue weighted by Gasteiger charge is 2.19. The van der Waals surface area contributed by atoms with Crippen LogP contribution in [0.5, 0.6) is 5.75 Å². The number of halogens is 1. The Morgan fingerprint density at radius 2 is 2.30 bits per heavy atom. The molecule has 0 radical (unpaired) electrons. The summed E-state index contributed by atoms with van der Waals surface area (Å²) in [6, 6.07) is 5.17. The van der Waals surface area contributed by atoms with Crippen molar-refractivity contribution in [3.05, 3.63) is 42.2 Å². The number of imidazole rings is 1. The summed E-state index contributed by atoms with van der Waals surface area (Å²) >= 11 is 0. The summed E-state index contributed by atoms with van der Waals surface area (Å²) in [6.45, 7) is 1.03. The number of rotatable bonds is 3. The molecule has 106 valence electrons. The van der Waals surface area contributed by atoms with Crippen molar-refractivity contribution in [2.45, 2.75) is 25.3 Å². The Labute approximate surface area is 117 Å². The van der Waals surface area contributed by atoms with Gasteiger partial charge in [-0.15, -0.1) is 0 Å². The van der Waals surface area contributed by atoms with E-state index in [4.69, 9.17) is 4.74 Å². The molecule has 5 heteroatoms. The minimum Gasteiger partial charge on any atom is -0.494 e. The van der Waals surface area contributed by atoms with Crippen molar-refractivity contribution < 1.29 is 9.13 Å². The van der Waals surface area contributed by atoms with Crippen LogP contribution in [0.4, 0.5) is 4.39 Å². The molecule has 0 amide bonds. The van der Waals surface area contributed by atoms with Gasteiger partial charge in [-0.2, -0.15) is 0 Å².